The van der Waals surface area contributed by atoms with Gasteiger partial charge in [-0.25, -0.2) is 0 Å². The van der Waals surface area contributed by atoms with Gasteiger partial charge in [-0.3, -0.25) is 29.1 Å². The van der Waals surface area contributed by atoms with E-state index in [0.717, 1.165) is 82.5 Å². The van der Waals surface area contributed by atoms with Crippen LogP contribution in [0, 0.1) is 0 Å². The van der Waals surface area contributed by atoms with Crippen LogP contribution >= 0.6 is 22.9 Å². The Hall–Kier alpha value is -2.73. The van der Waals surface area contributed by atoms with Crippen LogP contribution in [0.5, 0.6) is 0 Å². The first kappa shape index (κ1) is 28.1. The van der Waals surface area contributed by atoms with Crippen LogP contribution < -0.4 is 4.90 Å². The first-order chi connectivity index (χ1) is 20.1. The minimum Gasteiger partial charge on any atom is -0.366 e. The minimum absolute atomic E-state index is 0.0459. The van der Waals surface area contributed by atoms with Crippen LogP contribution in [0.2, 0.25) is 5.02 Å². The summed E-state index contributed by atoms with van der Waals surface area (Å²) in [7, 11) is 0. The summed E-state index contributed by atoms with van der Waals surface area (Å²) in [4.78, 5) is 35.6. The molecular formula is C30H30ClF3N4O3S. The van der Waals surface area contributed by atoms with Gasteiger partial charge in [0.2, 0.25) is 11.8 Å². The van der Waals surface area contributed by atoms with E-state index < -0.39 is 13.1 Å². The van der Waals surface area contributed by atoms with Crippen molar-refractivity contribution in [3.05, 3.63) is 45.9 Å². The van der Waals surface area contributed by atoms with Gasteiger partial charge in [0.25, 0.3) is 0 Å². The molecule has 0 bridgehead atoms. The Bertz CT molecular complexity index is 1560. The van der Waals surface area contributed by atoms with E-state index in [0.29, 0.717) is 11.6 Å². The quantitative estimate of drug-likeness (QED) is 0.294. The van der Waals surface area contributed by atoms with Crippen molar-refractivity contribution in [3.8, 4) is 11.1 Å². The van der Waals surface area contributed by atoms with E-state index in [2.05, 4.69) is 14.6 Å². The van der Waals surface area contributed by atoms with Crippen LogP contribution in [0.3, 0.4) is 0 Å². The maximum Gasteiger partial charge on any atom is 0.523 e. The normalized spacial score (nSPS) is 22.4. The number of alkyl halides is 3. The predicted molar refractivity (Wildman–Crippen MR) is 154 cm³/mol. The maximum atomic E-state index is 13.0. The van der Waals surface area contributed by atoms with Crippen LogP contribution in [-0.4, -0.2) is 64.4 Å². The topological polar surface area (TPSA) is 66.0 Å². The summed E-state index contributed by atoms with van der Waals surface area (Å²) in [5, 5.41) is 0.627. The molecule has 7 rings (SSSR count). The summed E-state index contributed by atoms with van der Waals surface area (Å²) in [6.07, 6.45) is 2.96. The number of ether oxygens (including phenoxy) is 1. The molecule has 1 aromatic carbocycles. The number of hydrogen-bond acceptors (Lipinski definition) is 7. The van der Waals surface area contributed by atoms with Crippen molar-refractivity contribution >= 4 is 50.7 Å². The van der Waals surface area contributed by atoms with Crippen molar-refractivity contribution in [2.45, 2.75) is 75.9 Å². The van der Waals surface area contributed by atoms with Crippen molar-refractivity contribution in [1.82, 2.24) is 14.8 Å². The van der Waals surface area contributed by atoms with Gasteiger partial charge < -0.3 is 4.90 Å². The molecule has 3 aliphatic heterocycles. The van der Waals surface area contributed by atoms with Crippen molar-refractivity contribution in [2.24, 2.45) is 0 Å². The van der Waals surface area contributed by atoms with Gasteiger partial charge in [-0.15, -0.1) is 24.5 Å². The van der Waals surface area contributed by atoms with E-state index >= 15 is 0 Å². The smallest absolute Gasteiger partial charge is 0.366 e. The Labute approximate surface area is 250 Å². The predicted octanol–water partition coefficient (Wildman–Crippen LogP) is 6.51. The van der Waals surface area contributed by atoms with Gasteiger partial charge in [0.1, 0.15) is 6.73 Å². The Kier molecular flexibility index (Phi) is 6.99. The molecule has 42 heavy (non-hydrogen) atoms. The second-order valence-corrected chi connectivity index (χ2v) is 13.4. The molecule has 3 aromatic rings. The van der Waals surface area contributed by atoms with Gasteiger partial charge in [0, 0.05) is 70.4 Å². The van der Waals surface area contributed by atoms with Crippen LogP contribution in [-0.2, 0) is 27.3 Å². The molecule has 1 spiro atoms. The zero-order valence-corrected chi connectivity index (χ0v) is 24.5. The number of amides is 2. The zero-order chi connectivity index (χ0) is 29.2. The molecule has 7 nitrogen and oxygen atoms in total. The highest BCUT2D eigenvalue weighted by Crippen LogP contribution is 2.50. The van der Waals surface area contributed by atoms with Crippen molar-refractivity contribution < 1.29 is 27.5 Å². The first-order valence-electron chi connectivity index (χ1n) is 14.4. The molecule has 222 valence electrons. The SMILES string of the molecule is O=C1CCC(=O)N1Cc1cc2nccc(-c3cc(Cl)cc4c3N([C@@H]3CN(COC(F)(F)F)C5(CCC5)C3)CCC4)c2s1. The number of imide groups is 1. The molecule has 2 aromatic heterocycles. The van der Waals surface area contributed by atoms with Gasteiger partial charge >= 0.3 is 6.36 Å². The minimum atomic E-state index is -4.66. The Morgan fingerprint density at radius 2 is 1.86 bits per heavy atom. The number of rotatable bonds is 6. The average molecular weight is 619 g/mol. The number of aryl methyl sites for hydroxylation is 1. The van der Waals surface area contributed by atoms with E-state index in [1.54, 1.807) is 6.20 Å². The van der Waals surface area contributed by atoms with E-state index in [1.807, 2.05) is 29.2 Å². The number of hydrogen-bond donors (Lipinski definition) is 0. The highest BCUT2D eigenvalue weighted by molar-refractivity contribution is 7.19. The van der Waals surface area contributed by atoms with Crippen LogP contribution in [0.4, 0.5) is 18.9 Å². The third-order valence-corrected chi connectivity index (χ3v) is 10.7. The molecule has 0 radical (unpaired) electrons. The van der Waals surface area contributed by atoms with Crippen molar-refractivity contribution in [1.29, 1.82) is 0 Å². The zero-order valence-electron chi connectivity index (χ0n) is 22.9. The van der Waals surface area contributed by atoms with E-state index in [-0.39, 0.29) is 42.8 Å². The fraction of sp³-hybridized carbons (Fsp3) is 0.500. The fourth-order valence-electron chi connectivity index (χ4n) is 7.28. The second-order valence-electron chi connectivity index (χ2n) is 11.8. The molecule has 3 fully saturated rings. The van der Waals surface area contributed by atoms with Gasteiger partial charge in [0.05, 0.1) is 16.8 Å². The third-order valence-electron chi connectivity index (χ3n) is 9.33. The fourth-order valence-corrected chi connectivity index (χ4v) is 8.65. The Morgan fingerprint density at radius 3 is 2.57 bits per heavy atom. The number of benzene rings is 1. The van der Waals surface area contributed by atoms with Crippen molar-refractivity contribution in [3.63, 3.8) is 0 Å². The number of nitrogens with zero attached hydrogens (tertiary/aromatic N) is 4. The lowest BCUT2D eigenvalue weighted by Gasteiger charge is -2.45. The lowest BCUT2D eigenvalue weighted by molar-refractivity contribution is -0.340. The summed E-state index contributed by atoms with van der Waals surface area (Å²) in [6, 6.07) is 7.93. The second kappa shape index (κ2) is 10.5. The monoisotopic (exact) mass is 618 g/mol. The first-order valence-corrected chi connectivity index (χ1v) is 15.6. The summed E-state index contributed by atoms with van der Waals surface area (Å²) >= 11 is 8.20. The highest BCUT2D eigenvalue weighted by Gasteiger charge is 2.52. The van der Waals surface area contributed by atoms with Gasteiger partial charge in [-0.1, -0.05) is 11.6 Å². The van der Waals surface area contributed by atoms with Crippen LogP contribution in [0.15, 0.2) is 30.5 Å². The number of thiophene rings is 1. The maximum absolute atomic E-state index is 13.0. The highest BCUT2D eigenvalue weighted by atomic mass is 35.5. The largest absolute Gasteiger partial charge is 0.523 e. The summed E-state index contributed by atoms with van der Waals surface area (Å²) in [6.45, 7) is 1.10. The molecule has 1 saturated carbocycles. The Morgan fingerprint density at radius 1 is 1.07 bits per heavy atom. The molecular weight excluding hydrogens is 589 g/mol. The third kappa shape index (κ3) is 4.98. The van der Waals surface area contributed by atoms with E-state index in [4.69, 9.17) is 11.6 Å². The Balaban J connectivity index is 1.25. The molecule has 5 heterocycles. The number of carbonyl (C=O) groups is 2. The molecule has 1 aliphatic carbocycles. The number of carbonyl (C=O) groups excluding carboxylic acids is 2. The standard InChI is InChI=1S/C30H30ClF3N4O3S/c31-19-11-18-3-1-10-37(20-14-29(7-2-8-29)36(15-20)17-41-30(32,33)34)27(18)23(12-19)22-6-9-35-24-13-21(42-28(22)24)16-38-25(39)4-5-26(38)40/h6,9,11-13,20H,1-5,7-8,10,14-17H2/t20-/m0/s1. The lowest BCUT2D eigenvalue weighted by atomic mass is 9.74. The number of aromatic nitrogens is 1. The number of fused-ring (bicyclic) bond motifs is 2. The molecule has 2 saturated heterocycles. The van der Waals surface area contributed by atoms with Gasteiger partial charge in [-0.05, 0) is 68.4 Å². The summed E-state index contributed by atoms with van der Waals surface area (Å²) in [5.41, 5.74) is 4.68. The van der Waals surface area contributed by atoms with Gasteiger partial charge in [-0.2, -0.15) is 0 Å². The van der Waals surface area contributed by atoms with Crippen LogP contribution in [0.25, 0.3) is 21.3 Å². The number of likely N-dealkylation sites (tertiary alicyclic amines) is 2. The van der Waals surface area contributed by atoms with Crippen LogP contribution in [0.1, 0.15) is 55.4 Å². The summed E-state index contributed by atoms with van der Waals surface area (Å²) in [5.74, 6) is -0.304. The molecule has 4 aliphatic rings. The average Bonchev–Trinajstić information content (AvgIpc) is 3.62. The number of pyridine rings is 1. The van der Waals surface area contributed by atoms with E-state index in [1.165, 1.54) is 16.2 Å². The number of anilines is 1. The molecule has 12 heteroatoms. The van der Waals surface area contributed by atoms with E-state index in [9.17, 15) is 22.8 Å². The summed E-state index contributed by atoms with van der Waals surface area (Å²) < 4.78 is 44.2. The molecule has 0 N–H and O–H groups in total. The molecule has 0 unspecified atom stereocenters. The molecule has 2 amide bonds. The lowest BCUT2D eigenvalue weighted by Crippen LogP contribution is -2.50. The van der Waals surface area contributed by atoms with Gasteiger partial charge in [0.15, 0.2) is 0 Å². The molecule has 1 atom stereocenters. The van der Waals surface area contributed by atoms with Crippen molar-refractivity contribution in [2.75, 3.05) is 24.7 Å². The number of halogens is 4.